The zero-order valence-electron chi connectivity index (χ0n) is 16.3. The molecule has 1 aliphatic rings. The molecule has 1 saturated heterocycles. The molecule has 0 aromatic heterocycles. The van der Waals surface area contributed by atoms with E-state index in [2.05, 4.69) is 6.92 Å². The Hall–Kier alpha value is -0.610. The number of carbonyl (C=O) groups excluding carboxylic acids is 1. The predicted molar refractivity (Wildman–Crippen MR) is 102 cm³/mol. The van der Waals surface area contributed by atoms with Crippen LogP contribution in [0.2, 0.25) is 0 Å². The molecule has 2 unspecified atom stereocenters. The summed E-state index contributed by atoms with van der Waals surface area (Å²) in [6.45, 7) is 3.40. The summed E-state index contributed by atoms with van der Waals surface area (Å²) in [6.07, 6.45) is 17.0. The van der Waals surface area contributed by atoms with Crippen molar-refractivity contribution in [3.05, 3.63) is 0 Å². The van der Waals surface area contributed by atoms with Gasteiger partial charge in [-0.15, -0.1) is 0 Å². The fourth-order valence-corrected chi connectivity index (χ4v) is 3.08. The molecule has 1 fully saturated rings. The molecule has 4 nitrogen and oxygen atoms in total. The first-order valence-corrected chi connectivity index (χ1v) is 10.7. The predicted octanol–water partition coefficient (Wildman–Crippen LogP) is 5.16. The van der Waals surface area contributed by atoms with Crippen molar-refractivity contribution in [3.8, 4) is 0 Å². The maximum Gasteiger partial charge on any atom is 0.305 e. The van der Waals surface area contributed by atoms with Gasteiger partial charge in [-0.3, -0.25) is 4.79 Å². The molecule has 1 N–H and O–H groups in total. The SMILES string of the molecule is CCCCCCC(O)CCCCCCCCCCC(=O)OCC1CO1. The normalized spacial score (nSPS) is 17.4. The highest BCUT2D eigenvalue weighted by atomic mass is 16.6. The Bertz CT molecular complexity index is 315. The third kappa shape index (κ3) is 15.4. The number of esters is 1. The van der Waals surface area contributed by atoms with Crippen LogP contribution >= 0.6 is 0 Å². The van der Waals surface area contributed by atoms with Crippen molar-refractivity contribution in [2.75, 3.05) is 13.2 Å². The number of aliphatic hydroxyl groups is 1. The molecular formula is C21H40O4. The number of unbranched alkanes of at least 4 members (excludes halogenated alkanes) is 10. The molecule has 0 amide bonds. The van der Waals surface area contributed by atoms with Gasteiger partial charge >= 0.3 is 5.97 Å². The average molecular weight is 357 g/mol. The first kappa shape index (κ1) is 22.4. The number of rotatable bonds is 18. The van der Waals surface area contributed by atoms with Gasteiger partial charge in [0.15, 0.2) is 0 Å². The molecule has 0 spiro atoms. The molecule has 1 rings (SSSR count). The van der Waals surface area contributed by atoms with Crippen molar-refractivity contribution in [3.63, 3.8) is 0 Å². The fraction of sp³-hybridized carbons (Fsp3) is 0.952. The Morgan fingerprint density at radius 1 is 0.960 bits per heavy atom. The first-order chi connectivity index (χ1) is 12.2. The smallest absolute Gasteiger partial charge is 0.305 e. The van der Waals surface area contributed by atoms with E-state index in [4.69, 9.17) is 9.47 Å². The van der Waals surface area contributed by atoms with Gasteiger partial charge in [-0.1, -0.05) is 77.6 Å². The van der Waals surface area contributed by atoms with Crippen molar-refractivity contribution in [1.29, 1.82) is 0 Å². The van der Waals surface area contributed by atoms with Crippen LogP contribution in [0.25, 0.3) is 0 Å². The molecule has 0 aromatic rings. The molecule has 0 aromatic carbocycles. The first-order valence-electron chi connectivity index (χ1n) is 10.7. The second-order valence-corrected chi connectivity index (χ2v) is 7.51. The Morgan fingerprint density at radius 2 is 1.48 bits per heavy atom. The Kier molecular flexibility index (Phi) is 14.0. The minimum Gasteiger partial charge on any atom is -0.463 e. The van der Waals surface area contributed by atoms with E-state index >= 15 is 0 Å². The molecule has 1 aliphatic heterocycles. The molecule has 1 heterocycles. The highest BCUT2D eigenvalue weighted by Crippen LogP contribution is 2.14. The second kappa shape index (κ2) is 15.6. The molecule has 0 aliphatic carbocycles. The third-order valence-electron chi connectivity index (χ3n) is 4.89. The van der Waals surface area contributed by atoms with Gasteiger partial charge in [0.1, 0.15) is 12.7 Å². The number of ether oxygens (including phenoxy) is 2. The van der Waals surface area contributed by atoms with E-state index in [1.807, 2.05) is 0 Å². The zero-order valence-corrected chi connectivity index (χ0v) is 16.3. The lowest BCUT2D eigenvalue weighted by Gasteiger charge is -2.10. The van der Waals surface area contributed by atoms with Crippen molar-refractivity contribution in [1.82, 2.24) is 0 Å². The van der Waals surface area contributed by atoms with Gasteiger partial charge in [-0.05, 0) is 19.3 Å². The average Bonchev–Trinajstić information content (AvgIpc) is 3.43. The fourth-order valence-electron chi connectivity index (χ4n) is 3.08. The maximum atomic E-state index is 11.4. The van der Waals surface area contributed by atoms with E-state index < -0.39 is 0 Å². The van der Waals surface area contributed by atoms with Crippen LogP contribution in [0.15, 0.2) is 0 Å². The lowest BCUT2D eigenvalue weighted by molar-refractivity contribution is -0.144. The summed E-state index contributed by atoms with van der Waals surface area (Å²) < 4.78 is 10.1. The topological polar surface area (TPSA) is 59.1 Å². The minimum atomic E-state index is -0.0805. The van der Waals surface area contributed by atoms with Crippen LogP contribution in [0.1, 0.15) is 103 Å². The van der Waals surface area contributed by atoms with Crippen molar-refractivity contribution in [2.45, 2.75) is 115 Å². The zero-order chi connectivity index (χ0) is 18.2. The van der Waals surface area contributed by atoms with Gasteiger partial charge in [-0.2, -0.15) is 0 Å². The van der Waals surface area contributed by atoms with Gasteiger partial charge in [0.2, 0.25) is 0 Å². The summed E-state index contributed by atoms with van der Waals surface area (Å²) in [6, 6.07) is 0. The molecule has 0 saturated carbocycles. The highest BCUT2D eigenvalue weighted by molar-refractivity contribution is 5.69. The van der Waals surface area contributed by atoms with Crippen molar-refractivity contribution < 1.29 is 19.4 Å². The quantitative estimate of drug-likeness (QED) is 0.209. The van der Waals surface area contributed by atoms with Crippen LogP contribution in [0.5, 0.6) is 0 Å². The summed E-state index contributed by atoms with van der Waals surface area (Å²) in [5.41, 5.74) is 0. The van der Waals surface area contributed by atoms with Crippen LogP contribution in [0.3, 0.4) is 0 Å². The standard InChI is InChI=1S/C21H40O4/c1-2-3-4-11-14-19(22)15-12-9-7-5-6-8-10-13-16-21(23)25-18-20-17-24-20/h19-20,22H,2-18H2,1H3. The Morgan fingerprint density at radius 3 is 2.04 bits per heavy atom. The Balaban J connectivity index is 1.73. The van der Waals surface area contributed by atoms with E-state index in [1.54, 1.807) is 0 Å². The number of carbonyl (C=O) groups is 1. The largest absolute Gasteiger partial charge is 0.463 e. The molecule has 0 radical (unpaired) electrons. The lowest BCUT2D eigenvalue weighted by Crippen LogP contribution is -2.09. The highest BCUT2D eigenvalue weighted by Gasteiger charge is 2.23. The molecule has 0 bridgehead atoms. The summed E-state index contributed by atoms with van der Waals surface area (Å²) in [7, 11) is 0. The second-order valence-electron chi connectivity index (χ2n) is 7.51. The van der Waals surface area contributed by atoms with Crippen LogP contribution in [0, 0.1) is 0 Å². The van der Waals surface area contributed by atoms with Crippen LogP contribution in [-0.4, -0.2) is 36.5 Å². The number of hydrogen-bond acceptors (Lipinski definition) is 4. The molecule has 4 heteroatoms. The lowest BCUT2D eigenvalue weighted by atomic mass is 10.0. The minimum absolute atomic E-state index is 0.0799. The van der Waals surface area contributed by atoms with Crippen LogP contribution in [-0.2, 0) is 14.3 Å². The van der Waals surface area contributed by atoms with Crippen LogP contribution in [0.4, 0.5) is 0 Å². The van der Waals surface area contributed by atoms with Gasteiger partial charge in [0.25, 0.3) is 0 Å². The van der Waals surface area contributed by atoms with E-state index in [-0.39, 0.29) is 18.2 Å². The van der Waals surface area contributed by atoms with Gasteiger partial charge in [0, 0.05) is 6.42 Å². The van der Waals surface area contributed by atoms with E-state index in [1.165, 1.54) is 57.8 Å². The van der Waals surface area contributed by atoms with Gasteiger partial charge in [-0.25, -0.2) is 0 Å². The van der Waals surface area contributed by atoms with Gasteiger partial charge in [0.05, 0.1) is 12.7 Å². The summed E-state index contributed by atoms with van der Waals surface area (Å²) in [5.74, 6) is -0.0799. The summed E-state index contributed by atoms with van der Waals surface area (Å²) in [4.78, 5) is 11.4. The molecular weight excluding hydrogens is 316 g/mol. The number of aliphatic hydroxyl groups excluding tert-OH is 1. The summed E-state index contributed by atoms with van der Waals surface area (Å²) >= 11 is 0. The number of epoxide rings is 1. The monoisotopic (exact) mass is 356 g/mol. The van der Waals surface area contributed by atoms with Crippen molar-refractivity contribution in [2.24, 2.45) is 0 Å². The van der Waals surface area contributed by atoms with Crippen LogP contribution < -0.4 is 0 Å². The molecule has 2 atom stereocenters. The Labute approximate surface area is 154 Å². The third-order valence-corrected chi connectivity index (χ3v) is 4.89. The van der Waals surface area contributed by atoms with E-state index in [9.17, 15) is 9.90 Å². The summed E-state index contributed by atoms with van der Waals surface area (Å²) in [5, 5.41) is 9.92. The van der Waals surface area contributed by atoms with Crippen molar-refractivity contribution >= 4 is 5.97 Å². The molecule has 148 valence electrons. The molecule has 25 heavy (non-hydrogen) atoms. The van der Waals surface area contributed by atoms with E-state index in [0.717, 1.165) is 38.7 Å². The van der Waals surface area contributed by atoms with E-state index in [0.29, 0.717) is 13.0 Å². The maximum absolute atomic E-state index is 11.4. The number of hydrogen-bond donors (Lipinski definition) is 1. The van der Waals surface area contributed by atoms with Gasteiger partial charge < -0.3 is 14.6 Å².